The normalized spacial score (nSPS) is 16.8. The zero-order chi connectivity index (χ0) is 12.7. The Morgan fingerprint density at radius 3 is 2.83 bits per heavy atom. The molecule has 0 radical (unpaired) electrons. The summed E-state index contributed by atoms with van der Waals surface area (Å²) >= 11 is 6.06. The van der Waals surface area contributed by atoms with Crippen LogP contribution < -0.4 is 0 Å². The fourth-order valence-corrected chi connectivity index (χ4v) is 2.55. The lowest BCUT2D eigenvalue weighted by Gasteiger charge is -2.13. The zero-order valence-corrected chi connectivity index (χ0v) is 10.9. The Hall–Kier alpha value is -1.32. The third-order valence-corrected chi connectivity index (χ3v) is 3.76. The number of aliphatic hydroxyl groups is 1. The Labute approximate surface area is 111 Å². The number of aliphatic hydroxyl groups excluding tert-OH is 1. The van der Waals surface area contributed by atoms with E-state index in [9.17, 15) is 5.11 Å². The first-order valence-electron chi connectivity index (χ1n) is 6.12. The van der Waals surface area contributed by atoms with Crippen LogP contribution in [0.15, 0.2) is 30.5 Å². The van der Waals surface area contributed by atoms with Crippen molar-refractivity contribution in [3.8, 4) is 0 Å². The van der Waals surface area contributed by atoms with E-state index < -0.39 is 6.10 Å². The van der Waals surface area contributed by atoms with Crippen LogP contribution in [0.3, 0.4) is 0 Å². The van der Waals surface area contributed by atoms with Gasteiger partial charge in [0.1, 0.15) is 6.10 Å². The van der Waals surface area contributed by atoms with Crippen molar-refractivity contribution in [1.29, 1.82) is 0 Å². The van der Waals surface area contributed by atoms with Crippen LogP contribution in [0.4, 0.5) is 0 Å². The lowest BCUT2D eigenvalue weighted by atomic mass is 10.0. The second-order valence-corrected chi connectivity index (χ2v) is 5.26. The molecule has 2 aromatic rings. The second-order valence-electron chi connectivity index (χ2n) is 4.85. The lowest BCUT2D eigenvalue weighted by molar-refractivity contribution is 0.210. The van der Waals surface area contributed by atoms with Gasteiger partial charge in [0.2, 0.25) is 0 Å². The number of nitrogens with zero attached hydrogens (tertiary/aromatic N) is 2. The molecule has 0 aliphatic heterocycles. The van der Waals surface area contributed by atoms with Crippen LogP contribution in [0, 0.1) is 0 Å². The van der Waals surface area contributed by atoms with Crippen molar-refractivity contribution in [3.63, 3.8) is 0 Å². The van der Waals surface area contributed by atoms with E-state index in [2.05, 4.69) is 17.2 Å². The summed E-state index contributed by atoms with van der Waals surface area (Å²) in [6.07, 6.45) is 3.35. The maximum Gasteiger partial charge on any atom is 0.122 e. The minimum absolute atomic E-state index is 0.502. The third-order valence-electron chi connectivity index (χ3n) is 3.47. The highest BCUT2D eigenvalue weighted by molar-refractivity contribution is 6.31. The molecule has 0 saturated heterocycles. The van der Waals surface area contributed by atoms with Crippen molar-refractivity contribution < 1.29 is 5.11 Å². The van der Waals surface area contributed by atoms with Crippen LogP contribution in [-0.2, 0) is 7.05 Å². The summed E-state index contributed by atoms with van der Waals surface area (Å²) in [6, 6.07) is 8.13. The van der Waals surface area contributed by atoms with E-state index in [0.717, 1.165) is 5.56 Å². The Bertz CT molecular complexity index is 555. The molecule has 94 valence electrons. The van der Waals surface area contributed by atoms with Gasteiger partial charge in [-0.15, -0.1) is 0 Å². The first-order valence-corrected chi connectivity index (χ1v) is 6.50. The monoisotopic (exact) mass is 262 g/mol. The van der Waals surface area contributed by atoms with Gasteiger partial charge in [-0.3, -0.25) is 4.68 Å². The molecule has 0 amide bonds. The van der Waals surface area contributed by atoms with Gasteiger partial charge < -0.3 is 5.11 Å². The molecule has 1 unspecified atom stereocenters. The first-order chi connectivity index (χ1) is 8.66. The number of aromatic nitrogens is 2. The molecule has 1 atom stereocenters. The van der Waals surface area contributed by atoms with Crippen LogP contribution >= 0.6 is 11.6 Å². The summed E-state index contributed by atoms with van der Waals surface area (Å²) in [5.74, 6) is 0.680. The fraction of sp³-hybridized carbons (Fsp3) is 0.357. The molecular weight excluding hydrogens is 248 g/mol. The van der Waals surface area contributed by atoms with Crippen molar-refractivity contribution in [3.05, 3.63) is 52.3 Å². The Balaban J connectivity index is 1.96. The van der Waals surface area contributed by atoms with E-state index in [1.165, 1.54) is 18.4 Å². The molecule has 1 aliphatic rings. The highest BCUT2D eigenvalue weighted by Crippen LogP contribution is 2.41. The van der Waals surface area contributed by atoms with Gasteiger partial charge >= 0.3 is 0 Å². The molecular formula is C14H15ClN2O. The number of benzene rings is 1. The highest BCUT2D eigenvalue weighted by atomic mass is 35.5. The maximum absolute atomic E-state index is 10.4. The fourth-order valence-electron chi connectivity index (χ4n) is 2.29. The molecule has 0 bridgehead atoms. The number of halogens is 1. The van der Waals surface area contributed by atoms with E-state index in [-0.39, 0.29) is 0 Å². The van der Waals surface area contributed by atoms with E-state index in [0.29, 0.717) is 16.6 Å². The summed E-state index contributed by atoms with van der Waals surface area (Å²) in [5.41, 5.74) is 2.83. The van der Waals surface area contributed by atoms with Gasteiger partial charge in [0, 0.05) is 7.05 Å². The summed E-state index contributed by atoms with van der Waals surface area (Å²) in [6.45, 7) is 0. The van der Waals surface area contributed by atoms with E-state index in [1.54, 1.807) is 17.9 Å². The highest BCUT2D eigenvalue weighted by Gasteiger charge is 2.25. The molecule has 1 aliphatic carbocycles. The first kappa shape index (κ1) is 11.8. The van der Waals surface area contributed by atoms with Gasteiger partial charge in [-0.05, 0) is 29.9 Å². The van der Waals surface area contributed by atoms with Gasteiger partial charge in [-0.2, -0.15) is 5.10 Å². The molecule has 4 heteroatoms. The molecule has 1 heterocycles. The van der Waals surface area contributed by atoms with Gasteiger partial charge in [0.25, 0.3) is 0 Å². The maximum atomic E-state index is 10.4. The van der Waals surface area contributed by atoms with Crippen LogP contribution in [-0.4, -0.2) is 14.9 Å². The number of hydrogen-bond donors (Lipinski definition) is 1. The summed E-state index contributed by atoms with van der Waals surface area (Å²) in [5, 5.41) is 15.0. The van der Waals surface area contributed by atoms with Crippen LogP contribution in [0.5, 0.6) is 0 Å². The van der Waals surface area contributed by atoms with Crippen molar-refractivity contribution >= 4 is 11.6 Å². The topological polar surface area (TPSA) is 38.0 Å². The van der Waals surface area contributed by atoms with Gasteiger partial charge in [-0.25, -0.2) is 0 Å². The largest absolute Gasteiger partial charge is 0.382 e. The van der Waals surface area contributed by atoms with Crippen LogP contribution in [0.2, 0.25) is 5.02 Å². The lowest BCUT2D eigenvalue weighted by Crippen LogP contribution is -2.07. The number of rotatable bonds is 3. The number of hydrogen-bond acceptors (Lipinski definition) is 2. The predicted molar refractivity (Wildman–Crippen MR) is 70.7 cm³/mol. The summed E-state index contributed by atoms with van der Waals surface area (Å²) in [4.78, 5) is 0. The minimum atomic E-state index is -0.719. The van der Waals surface area contributed by atoms with Crippen molar-refractivity contribution in [2.75, 3.05) is 0 Å². The SMILES string of the molecule is Cn1ncc(Cl)c1C(O)c1cccc(C2CC2)c1. The summed E-state index contributed by atoms with van der Waals surface area (Å²) in [7, 11) is 1.79. The smallest absolute Gasteiger partial charge is 0.122 e. The van der Waals surface area contributed by atoms with Gasteiger partial charge in [0.15, 0.2) is 0 Å². The van der Waals surface area contributed by atoms with E-state index in [4.69, 9.17) is 11.6 Å². The molecule has 3 nitrogen and oxygen atoms in total. The summed E-state index contributed by atoms with van der Waals surface area (Å²) < 4.78 is 1.62. The Morgan fingerprint density at radius 1 is 1.44 bits per heavy atom. The van der Waals surface area contributed by atoms with Crippen molar-refractivity contribution in [2.24, 2.45) is 7.05 Å². The minimum Gasteiger partial charge on any atom is -0.382 e. The number of aryl methyl sites for hydroxylation is 1. The van der Waals surface area contributed by atoms with E-state index >= 15 is 0 Å². The van der Waals surface area contributed by atoms with Crippen LogP contribution in [0.1, 0.15) is 41.7 Å². The molecule has 1 aromatic heterocycles. The predicted octanol–water partition coefficient (Wildman–Crippen LogP) is 3.03. The standard InChI is InChI=1S/C14H15ClN2O/c1-17-13(12(15)8-16-17)14(18)11-4-2-3-10(7-11)9-5-6-9/h2-4,7-9,14,18H,5-6H2,1H3. The molecule has 3 rings (SSSR count). The third kappa shape index (κ3) is 2.04. The van der Waals surface area contributed by atoms with E-state index in [1.807, 2.05) is 12.1 Å². The molecule has 1 aromatic carbocycles. The Kier molecular flexibility index (Phi) is 2.88. The van der Waals surface area contributed by atoms with Gasteiger partial charge in [0.05, 0.1) is 16.9 Å². The van der Waals surface area contributed by atoms with Crippen molar-refractivity contribution in [1.82, 2.24) is 9.78 Å². The molecule has 18 heavy (non-hydrogen) atoms. The molecule has 1 N–H and O–H groups in total. The van der Waals surface area contributed by atoms with Crippen molar-refractivity contribution in [2.45, 2.75) is 24.9 Å². The van der Waals surface area contributed by atoms with Crippen LogP contribution in [0.25, 0.3) is 0 Å². The average Bonchev–Trinajstić information content (AvgIpc) is 3.16. The average molecular weight is 263 g/mol. The second kappa shape index (κ2) is 4.41. The van der Waals surface area contributed by atoms with Gasteiger partial charge in [-0.1, -0.05) is 35.9 Å². The quantitative estimate of drug-likeness (QED) is 0.923. The zero-order valence-electron chi connectivity index (χ0n) is 10.2. The Morgan fingerprint density at radius 2 is 2.22 bits per heavy atom. The molecule has 1 fully saturated rings. The molecule has 1 saturated carbocycles. The molecule has 0 spiro atoms.